The number of aliphatic imine (C=N–C) groups is 1. The summed E-state index contributed by atoms with van der Waals surface area (Å²) in [6.07, 6.45) is 3.61. The van der Waals surface area contributed by atoms with Gasteiger partial charge in [0.15, 0.2) is 0 Å². The summed E-state index contributed by atoms with van der Waals surface area (Å²) in [5.41, 5.74) is 3.17. The molecule has 0 atom stereocenters. The Morgan fingerprint density at radius 3 is 2.31 bits per heavy atom. The molecule has 13 heavy (non-hydrogen) atoms. The van der Waals surface area contributed by atoms with Crippen LogP contribution in [0, 0.1) is 0 Å². The molecule has 0 unspecified atom stereocenters. The van der Waals surface area contributed by atoms with Gasteiger partial charge in [-0.25, -0.2) is 0 Å². The van der Waals surface area contributed by atoms with Gasteiger partial charge < -0.3 is 0 Å². The third-order valence-corrected chi connectivity index (χ3v) is 2.35. The van der Waals surface area contributed by atoms with Gasteiger partial charge in [0.1, 0.15) is 0 Å². The molecule has 0 aromatic carbocycles. The minimum absolute atomic E-state index is 0.154. The van der Waals surface area contributed by atoms with Gasteiger partial charge in [-0.05, 0) is 25.5 Å². The molecule has 68 valence electrons. The van der Waals surface area contributed by atoms with Gasteiger partial charge in [0.25, 0.3) is 0 Å². The Bertz CT molecular complexity index is 307. The Labute approximate surface area is 86.0 Å². The molecule has 0 saturated carbocycles. The molecule has 3 heteroatoms. The van der Waals surface area contributed by atoms with Gasteiger partial charge in [-0.3, -0.25) is 4.99 Å². The maximum Gasteiger partial charge on any atom is 0.215 e. The van der Waals surface area contributed by atoms with E-state index in [0.717, 1.165) is 24.1 Å². The summed E-state index contributed by atoms with van der Waals surface area (Å²) < 4.78 is -0.154. The van der Waals surface area contributed by atoms with E-state index in [1.54, 1.807) is 6.08 Å². The monoisotopic (exact) mass is 191 g/mol. The molecule has 0 bridgehead atoms. The van der Waals surface area contributed by atoms with Gasteiger partial charge >= 0.3 is 0 Å². The predicted octanol–water partition coefficient (Wildman–Crippen LogP) is 2.13. The third kappa shape index (κ3) is 2.16. The van der Waals surface area contributed by atoms with Crippen molar-refractivity contribution in [2.75, 3.05) is 0 Å². The van der Waals surface area contributed by atoms with Crippen molar-refractivity contribution in [2.45, 2.75) is 18.6 Å². The largest absolute Gasteiger partial charge is 0.267 e. The van der Waals surface area contributed by atoms with E-state index in [4.69, 9.17) is 0 Å². The molecular weight excluding hydrogens is 177 g/mol. The highest BCUT2D eigenvalue weighted by atomic mass is 32.1. The Hall–Kier alpha value is -0.695. The highest BCUT2D eigenvalue weighted by Gasteiger charge is 2.26. The number of hydrogen-bond acceptors (Lipinski definition) is 2. The highest BCUT2D eigenvalue weighted by molar-refractivity contribution is 7.83. The third-order valence-electron chi connectivity index (χ3n) is 2.09. The summed E-state index contributed by atoms with van der Waals surface area (Å²) >= 11 is 4.48. The molecule has 0 aromatic rings. The molecule has 0 aromatic heterocycles. The lowest BCUT2D eigenvalue weighted by molar-refractivity contribution is 0.973. The summed E-state index contributed by atoms with van der Waals surface area (Å²) in [7, 11) is 0.849. The second-order valence-corrected chi connectivity index (χ2v) is 4.73. The van der Waals surface area contributed by atoms with Gasteiger partial charge in [0, 0.05) is 4.75 Å². The zero-order chi connectivity index (χ0) is 10.1. The number of rotatable bonds is 3. The Morgan fingerprint density at radius 1 is 1.38 bits per heavy atom. The quantitative estimate of drug-likeness (QED) is 0.518. The van der Waals surface area contributed by atoms with E-state index in [1.165, 1.54) is 0 Å². The number of thiol groups is 1. The number of allylic oxidation sites excluding steroid dienone is 3. The predicted molar refractivity (Wildman–Crippen MR) is 65.1 cm³/mol. The van der Waals surface area contributed by atoms with E-state index in [2.05, 4.69) is 30.8 Å². The molecule has 0 radical (unpaired) electrons. The second-order valence-electron chi connectivity index (χ2n) is 3.61. The molecule has 0 spiro atoms. The van der Waals surface area contributed by atoms with Crippen LogP contribution in [0.4, 0.5) is 0 Å². The molecule has 1 rings (SSSR count). The normalized spacial score (nSPS) is 16.7. The SMILES string of the molecule is C=CC1=C(C=C)N=C(C(C)(C)S)B1. The zero-order valence-electron chi connectivity index (χ0n) is 8.17. The van der Waals surface area contributed by atoms with Crippen LogP contribution in [0.15, 0.2) is 41.5 Å². The molecule has 0 saturated heterocycles. The zero-order valence-corrected chi connectivity index (χ0v) is 9.06. The molecule has 0 aliphatic carbocycles. The average Bonchev–Trinajstić information content (AvgIpc) is 2.45. The summed E-state index contributed by atoms with van der Waals surface area (Å²) in [5.74, 6) is 0. The molecule has 1 nitrogen and oxygen atoms in total. The first kappa shape index (κ1) is 10.4. The first-order valence-corrected chi connectivity index (χ1v) is 4.72. The van der Waals surface area contributed by atoms with Gasteiger partial charge in [-0.1, -0.05) is 24.7 Å². The fourth-order valence-corrected chi connectivity index (χ4v) is 1.36. The maximum absolute atomic E-state index is 4.48. The van der Waals surface area contributed by atoms with Crippen molar-refractivity contribution < 1.29 is 0 Å². The first-order valence-electron chi connectivity index (χ1n) is 4.27. The van der Waals surface area contributed by atoms with Crippen molar-refractivity contribution >= 4 is 25.5 Å². The Balaban J connectivity index is 2.95. The van der Waals surface area contributed by atoms with Crippen molar-refractivity contribution in [1.82, 2.24) is 0 Å². The van der Waals surface area contributed by atoms with E-state index in [9.17, 15) is 0 Å². The van der Waals surface area contributed by atoms with Crippen LogP contribution in [0.5, 0.6) is 0 Å². The van der Waals surface area contributed by atoms with Crippen LogP contribution in [0.1, 0.15) is 13.8 Å². The van der Waals surface area contributed by atoms with Crippen LogP contribution in [-0.2, 0) is 0 Å². The van der Waals surface area contributed by atoms with Crippen LogP contribution in [-0.4, -0.2) is 17.6 Å². The minimum atomic E-state index is -0.154. The topological polar surface area (TPSA) is 12.4 Å². The summed E-state index contributed by atoms with van der Waals surface area (Å²) in [4.78, 5) is 4.46. The summed E-state index contributed by atoms with van der Waals surface area (Å²) in [6, 6.07) is 0. The van der Waals surface area contributed by atoms with Crippen molar-refractivity contribution in [3.63, 3.8) is 0 Å². The van der Waals surface area contributed by atoms with Crippen molar-refractivity contribution in [2.24, 2.45) is 4.99 Å². The molecule has 0 fully saturated rings. The lowest BCUT2D eigenvalue weighted by atomic mass is 9.62. The van der Waals surface area contributed by atoms with Crippen molar-refractivity contribution in [3.8, 4) is 0 Å². The highest BCUT2D eigenvalue weighted by Crippen LogP contribution is 2.24. The van der Waals surface area contributed by atoms with E-state index in [-0.39, 0.29) is 4.75 Å². The molecule has 1 aliphatic rings. The van der Waals surface area contributed by atoms with Crippen LogP contribution in [0.25, 0.3) is 0 Å². The van der Waals surface area contributed by atoms with Gasteiger partial charge in [-0.15, -0.1) is 0 Å². The maximum atomic E-state index is 4.48. The van der Waals surface area contributed by atoms with Gasteiger partial charge in [-0.2, -0.15) is 12.6 Å². The molecule has 1 heterocycles. The van der Waals surface area contributed by atoms with Gasteiger partial charge in [0.2, 0.25) is 7.28 Å². The summed E-state index contributed by atoms with van der Waals surface area (Å²) in [6.45, 7) is 11.6. The van der Waals surface area contributed by atoms with E-state index < -0.39 is 0 Å². The van der Waals surface area contributed by atoms with E-state index in [1.807, 2.05) is 19.9 Å². The first-order chi connectivity index (χ1) is 5.99. The fraction of sp³-hybridized carbons (Fsp3) is 0.300. The molecule has 0 N–H and O–H groups in total. The van der Waals surface area contributed by atoms with Crippen molar-refractivity contribution in [1.29, 1.82) is 0 Å². The molecule has 1 aliphatic heterocycles. The molecule has 0 amide bonds. The average molecular weight is 191 g/mol. The smallest absolute Gasteiger partial charge is 0.215 e. The van der Waals surface area contributed by atoms with Gasteiger partial charge in [0.05, 0.1) is 5.70 Å². The van der Waals surface area contributed by atoms with Crippen LogP contribution >= 0.6 is 12.6 Å². The number of nitrogens with zero attached hydrogens (tertiary/aromatic N) is 1. The van der Waals surface area contributed by atoms with Crippen LogP contribution in [0.3, 0.4) is 0 Å². The summed E-state index contributed by atoms with van der Waals surface area (Å²) in [5, 5.41) is 0. The van der Waals surface area contributed by atoms with Crippen LogP contribution in [0.2, 0.25) is 0 Å². The van der Waals surface area contributed by atoms with Crippen LogP contribution < -0.4 is 0 Å². The lowest BCUT2D eigenvalue weighted by Gasteiger charge is -2.17. The Morgan fingerprint density at radius 2 is 2.00 bits per heavy atom. The van der Waals surface area contributed by atoms with E-state index in [0.29, 0.717) is 0 Å². The lowest BCUT2D eigenvalue weighted by Crippen LogP contribution is -2.28. The van der Waals surface area contributed by atoms with Crippen molar-refractivity contribution in [3.05, 3.63) is 36.5 Å². The molecular formula is C10H14BNS. The Kier molecular flexibility index (Phi) is 2.86. The second kappa shape index (κ2) is 3.58. The number of hydrogen-bond donors (Lipinski definition) is 1. The fourth-order valence-electron chi connectivity index (χ4n) is 1.23. The van der Waals surface area contributed by atoms with E-state index >= 15 is 0 Å². The standard InChI is InChI=1S/C10H14BNS/c1-5-7-8(6-2)12-9(11-7)10(3,4)13/h5-6,11,13H,1-2H2,3-4H3. The minimum Gasteiger partial charge on any atom is -0.267 e.